The number of hydrogen-bond acceptors (Lipinski definition) is 4. The van der Waals surface area contributed by atoms with Crippen molar-refractivity contribution >= 4 is 0 Å². The fourth-order valence-electron chi connectivity index (χ4n) is 2.38. The summed E-state index contributed by atoms with van der Waals surface area (Å²) in [7, 11) is 0. The van der Waals surface area contributed by atoms with Crippen molar-refractivity contribution in [1.29, 1.82) is 0 Å². The Kier molecular flexibility index (Phi) is 6.57. The lowest BCUT2D eigenvalue weighted by Gasteiger charge is -2.14. The van der Waals surface area contributed by atoms with E-state index in [1.54, 1.807) is 6.08 Å². The summed E-state index contributed by atoms with van der Waals surface area (Å²) in [4.78, 5) is 0. The van der Waals surface area contributed by atoms with E-state index >= 15 is 0 Å². The Hall–Kier alpha value is -1.52. The highest BCUT2D eigenvalue weighted by atomic mass is 16.5. The molecule has 1 atom stereocenters. The lowest BCUT2D eigenvalue weighted by Crippen LogP contribution is -2.25. The maximum atomic E-state index is 5.64. The van der Waals surface area contributed by atoms with Gasteiger partial charge in [-0.1, -0.05) is 18.7 Å². The van der Waals surface area contributed by atoms with E-state index in [1.165, 1.54) is 12.0 Å². The van der Waals surface area contributed by atoms with Crippen molar-refractivity contribution in [1.82, 2.24) is 5.32 Å². The molecule has 1 aliphatic rings. The minimum absolute atomic E-state index is 0.367. The summed E-state index contributed by atoms with van der Waals surface area (Å²) in [5.74, 6) is 1.55. The molecule has 1 aromatic carbocycles. The van der Waals surface area contributed by atoms with Crippen LogP contribution >= 0.6 is 0 Å². The van der Waals surface area contributed by atoms with Crippen molar-refractivity contribution in [3.05, 3.63) is 36.4 Å². The molecule has 0 unspecified atom stereocenters. The van der Waals surface area contributed by atoms with Gasteiger partial charge in [0, 0.05) is 19.7 Å². The molecule has 1 heterocycles. The topological polar surface area (TPSA) is 39.7 Å². The van der Waals surface area contributed by atoms with Gasteiger partial charge in [-0.05, 0) is 37.5 Å². The Bertz CT molecular complexity index is 442. The standard InChI is InChI=1S/C17H25NO3/c1-3-9-21-16-8-7-14(11-17(16)19-4-2)12-18-13-15-6-5-10-20-15/h3,7-8,11,15,18H,1,4-6,9-10,12-13H2,2H3/t15-/m1/s1. The second kappa shape index (κ2) is 8.70. The van der Waals surface area contributed by atoms with Crippen LogP contribution in [0.1, 0.15) is 25.3 Å². The van der Waals surface area contributed by atoms with Crippen molar-refractivity contribution < 1.29 is 14.2 Å². The van der Waals surface area contributed by atoms with Crippen LogP contribution in [-0.4, -0.2) is 32.5 Å². The Morgan fingerprint density at radius 1 is 1.38 bits per heavy atom. The number of benzene rings is 1. The molecule has 1 aromatic rings. The number of ether oxygens (including phenoxy) is 3. The van der Waals surface area contributed by atoms with Crippen LogP contribution in [0.2, 0.25) is 0 Å². The third-order valence-corrected chi connectivity index (χ3v) is 3.39. The molecule has 0 aliphatic carbocycles. The first-order chi connectivity index (χ1) is 10.3. The first-order valence-corrected chi connectivity index (χ1v) is 7.65. The molecule has 4 heteroatoms. The van der Waals surface area contributed by atoms with E-state index in [0.29, 0.717) is 19.3 Å². The maximum absolute atomic E-state index is 5.64. The van der Waals surface area contributed by atoms with E-state index < -0.39 is 0 Å². The molecule has 21 heavy (non-hydrogen) atoms. The fourth-order valence-corrected chi connectivity index (χ4v) is 2.38. The summed E-state index contributed by atoms with van der Waals surface area (Å²) in [6.07, 6.45) is 4.43. The third kappa shape index (κ3) is 5.06. The first-order valence-electron chi connectivity index (χ1n) is 7.65. The van der Waals surface area contributed by atoms with Gasteiger partial charge in [0.1, 0.15) is 6.61 Å². The molecule has 0 saturated carbocycles. The third-order valence-electron chi connectivity index (χ3n) is 3.39. The summed E-state index contributed by atoms with van der Waals surface area (Å²) in [5.41, 5.74) is 1.18. The molecule has 1 fully saturated rings. The fraction of sp³-hybridized carbons (Fsp3) is 0.529. The van der Waals surface area contributed by atoms with Gasteiger partial charge in [0.25, 0.3) is 0 Å². The second-order valence-electron chi connectivity index (χ2n) is 5.08. The molecule has 0 amide bonds. The van der Waals surface area contributed by atoms with E-state index in [1.807, 2.05) is 19.1 Å². The lowest BCUT2D eigenvalue weighted by atomic mass is 10.2. The summed E-state index contributed by atoms with van der Waals surface area (Å²) < 4.78 is 16.8. The van der Waals surface area contributed by atoms with Gasteiger partial charge in [-0.3, -0.25) is 0 Å². The number of rotatable bonds is 9. The highest BCUT2D eigenvalue weighted by Gasteiger charge is 2.14. The molecule has 0 aromatic heterocycles. The van der Waals surface area contributed by atoms with Crippen LogP contribution in [0.3, 0.4) is 0 Å². The van der Waals surface area contributed by atoms with Gasteiger partial charge >= 0.3 is 0 Å². The molecule has 0 bridgehead atoms. The van der Waals surface area contributed by atoms with Crippen LogP contribution in [0, 0.1) is 0 Å². The Morgan fingerprint density at radius 3 is 3.00 bits per heavy atom. The average Bonchev–Trinajstić information content (AvgIpc) is 3.00. The van der Waals surface area contributed by atoms with Crippen LogP contribution in [0.4, 0.5) is 0 Å². The zero-order valence-corrected chi connectivity index (χ0v) is 12.8. The van der Waals surface area contributed by atoms with E-state index in [0.717, 1.165) is 37.6 Å². The highest BCUT2D eigenvalue weighted by molar-refractivity contribution is 5.43. The maximum Gasteiger partial charge on any atom is 0.161 e. The predicted octanol–water partition coefficient (Wildman–Crippen LogP) is 2.92. The zero-order chi connectivity index (χ0) is 14.9. The van der Waals surface area contributed by atoms with Gasteiger partial charge in [0.15, 0.2) is 11.5 Å². The Balaban J connectivity index is 1.89. The second-order valence-corrected chi connectivity index (χ2v) is 5.08. The molecular formula is C17H25NO3. The van der Waals surface area contributed by atoms with E-state index in [4.69, 9.17) is 14.2 Å². The molecule has 2 rings (SSSR count). The van der Waals surface area contributed by atoms with Gasteiger partial charge < -0.3 is 19.5 Å². The van der Waals surface area contributed by atoms with Crippen LogP contribution in [0.15, 0.2) is 30.9 Å². The van der Waals surface area contributed by atoms with Crippen LogP contribution in [0.5, 0.6) is 11.5 Å². The first kappa shape index (κ1) is 15.9. The van der Waals surface area contributed by atoms with Gasteiger partial charge in [0.05, 0.1) is 12.7 Å². The highest BCUT2D eigenvalue weighted by Crippen LogP contribution is 2.28. The minimum Gasteiger partial charge on any atom is -0.490 e. The van der Waals surface area contributed by atoms with Gasteiger partial charge in [-0.15, -0.1) is 0 Å². The van der Waals surface area contributed by atoms with Crippen molar-refractivity contribution in [2.75, 3.05) is 26.4 Å². The number of nitrogens with one attached hydrogen (secondary N) is 1. The molecule has 1 N–H and O–H groups in total. The SMILES string of the molecule is C=CCOc1ccc(CNC[C@H]2CCCO2)cc1OCC. The Morgan fingerprint density at radius 2 is 2.29 bits per heavy atom. The quantitative estimate of drug-likeness (QED) is 0.710. The van der Waals surface area contributed by atoms with Crippen molar-refractivity contribution in [3.8, 4) is 11.5 Å². The van der Waals surface area contributed by atoms with E-state index in [2.05, 4.69) is 18.0 Å². The monoisotopic (exact) mass is 291 g/mol. The van der Waals surface area contributed by atoms with Crippen molar-refractivity contribution in [2.24, 2.45) is 0 Å². The van der Waals surface area contributed by atoms with Crippen molar-refractivity contribution in [2.45, 2.75) is 32.4 Å². The normalized spacial score (nSPS) is 17.7. The van der Waals surface area contributed by atoms with Crippen LogP contribution < -0.4 is 14.8 Å². The predicted molar refractivity (Wildman–Crippen MR) is 84.0 cm³/mol. The molecule has 1 saturated heterocycles. The summed E-state index contributed by atoms with van der Waals surface area (Å²) in [5, 5.41) is 3.44. The summed E-state index contributed by atoms with van der Waals surface area (Å²) in [6.45, 7) is 9.34. The van der Waals surface area contributed by atoms with Crippen LogP contribution in [-0.2, 0) is 11.3 Å². The summed E-state index contributed by atoms with van der Waals surface area (Å²) >= 11 is 0. The summed E-state index contributed by atoms with van der Waals surface area (Å²) in [6, 6.07) is 6.05. The minimum atomic E-state index is 0.367. The number of hydrogen-bond donors (Lipinski definition) is 1. The van der Waals surface area contributed by atoms with Crippen molar-refractivity contribution in [3.63, 3.8) is 0 Å². The van der Waals surface area contributed by atoms with E-state index in [-0.39, 0.29) is 0 Å². The molecular weight excluding hydrogens is 266 g/mol. The lowest BCUT2D eigenvalue weighted by molar-refractivity contribution is 0.110. The molecule has 1 aliphatic heterocycles. The molecule has 0 spiro atoms. The van der Waals surface area contributed by atoms with Gasteiger partial charge in [-0.2, -0.15) is 0 Å². The Labute approximate surface area is 127 Å². The smallest absolute Gasteiger partial charge is 0.161 e. The van der Waals surface area contributed by atoms with Crippen LogP contribution in [0.25, 0.3) is 0 Å². The molecule has 116 valence electrons. The van der Waals surface area contributed by atoms with Gasteiger partial charge in [0.2, 0.25) is 0 Å². The molecule has 0 radical (unpaired) electrons. The largest absolute Gasteiger partial charge is 0.490 e. The molecule has 4 nitrogen and oxygen atoms in total. The average molecular weight is 291 g/mol. The zero-order valence-electron chi connectivity index (χ0n) is 12.8. The van der Waals surface area contributed by atoms with Gasteiger partial charge in [-0.25, -0.2) is 0 Å². The van der Waals surface area contributed by atoms with E-state index in [9.17, 15) is 0 Å².